The maximum absolute atomic E-state index is 15.4. The average Bonchev–Trinajstić information content (AvgIpc) is 4.25. The predicted molar refractivity (Wildman–Crippen MR) is 268 cm³/mol. The van der Waals surface area contributed by atoms with Crippen molar-refractivity contribution in [3.63, 3.8) is 0 Å². The van der Waals surface area contributed by atoms with Crippen LogP contribution in [0.5, 0.6) is 0 Å². The summed E-state index contributed by atoms with van der Waals surface area (Å²) in [4.78, 5) is 82.5. The van der Waals surface area contributed by atoms with Gasteiger partial charge >= 0.3 is 5.97 Å². The van der Waals surface area contributed by atoms with Gasteiger partial charge in [0.15, 0.2) is 0 Å². The van der Waals surface area contributed by atoms with Crippen LogP contribution in [-0.2, 0) is 35.1 Å². The molecule has 2 N–H and O–H groups in total. The highest BCUT2D eigenvalue weighted by Gasteiger charge is 2.55. The van der Waals surface area contributed by atoms with Crippen molar-refractivity contribution >= 4 is 45.9 Å². The molecule has 2 aliphatic carbocycles. The van der Waals surface area contributed by atoms with Crippen LogP contribution in [0.3, 0.4) is 0 Å². The summed E-state index contributed by atoms with van der Waals surface area (Å²) in [5, 5.41) is 8.61. The number of nitrogens with one attached hydrogen (secondary N) is 2. The quantitative estimate of drug-likeness (QED) is 0.172. The number of ether oxygens (including phenoxy) is 2. The monoisotopic (exact) mass is 983 g/mol. The number of hydrogen-bond acceptors (Lipinski definition) is 14. The van der Waals surface area contributed by atoms with Gasteiger partial charge in [0.2, 0.25) is 11.8 Å². The molecule has 11 rings (SSSR count). The van der Waals surface area contributed by atoms with Crippen LogP contribution in [0.25, 0.3) is 33.4 Å². The second-order valence-corrected chi connectivity index (χ2v) is 22.3. The molecule has 3 amide bonds. The van der Waals surface area contributed by atoms with Crippen LogP contribution in [0.15, 0.2) is 60.5 Å². The van der Waals surface area contributed by atoms with Crippen molar-refractivity contribution in [1.29, 1.82) is 0 Å². The van der Waals surface area contributed by atoms with Crippen LogP contribution in [0.2, 0.25) is 0 Å². The summed E-state index contributed by atoms with van der Waals surface area (Å²) < 4.78 is 14.8. The van der Waals surface area contributed by atoms with E-state index in [-0.39, 0.29) is 48.3 Å². The van der Waals surface area contributed by atoms with Gasteiger partial charge in [-0.2, -0.15) is 0 Å². The number of esters is 1. The van der Waals surface area contributed by atoms with Crippen LogP contribution >= 0.6 is 11.3 Å². The molecule has 0 radical (unpaired) electrons. The first-order valence-electron chi connectivity index (χ1n) is 25.4. The number of pyridine rings is 1. The molecule has 4 aromatic heterocycles. The summed E-state index contributed by atoms with van der Waals surface area (Å²) in [6, 6.07) is 10.9. The Labute approximate surface area is 418 Å². The van der Waals surface area contributed by atoms with Crippen molar-refractivity contribution < 1.29 is 28.7 Å². The van der Waals surface area contributed by atoms with Gasteiger partial charge in [-0.1, -0.05) is 26.8 Å². The van der Waals surface area contributed by atoms with E-state index in [1.807, 2.05) is 37.1 Å². The van der Waals surface area contributed by atoms with Crippen LogP contribution < -0.4 is 10.7 Å². The molecule has 1 aromatic carbocycles. The molecule has 71 heavy (non-hydrogen) atoms. The number of thiazole rings is 1. The third kappa shape index (κ3) is 9.15. The lowest BCUT2D eigenvalue weighted by atomic mass is 9.84. The second kappa shape index (κ2) is 19.1. The molecular formula is C53H65N11O6S. The Bertz CT molecular complexity index is 2830. The maximum atomic E-state index is 15.4. The molecule has 7 atom stereocenters. The van der Waals surface area contributed by atoms with Crippen LogP contribution in [-0.4, -0.2) is 146 Å². The Hall–Kier alpha value is -5.66. The topological polar surface area (TPSA) is 180 Å². The first kappa shape index (κ1) is 47.7. The molecule has 3 saturated heterocycles. The number of rotatable bonds is 9. The normalized spacial score (nSPS) is 26.9. The van der Waals surface area contributed by atoms with Gasteiger partial charge in [0.1, 0.15) is 23.4 Å². The molecule has 6 bridgehead atoms. The lowest BCUT2D eigenvalue weighted by Crippen LogP contribution is -2.63. The molecule has 5 aromatic rings. The first-order valence-corrected chi connectivity index (χ1v) is 26.3. The number of cyclic esters (lactones) is 1. The van der Waals surface area contributed by atoms with Crippen LogP contribution in [0, 0.1) is 17.3 Å². The number of amides is 3. The van der Waals surface area contributed by atoms with E-state index in [0.29, 0.717) is 63.0 Å². The number of piperazine rings is 1. The Kier molecular flexibility index (Phi) is 12.8. The highest BCUT2D eigenvalue weighted by Crippen LogP contribution is 2.53. The fraction of sp³-hybridized carbons (Fsp3) is 0.547. The minimum Gasteiger partial charge on any atom is -0.464 e. The fourth-order valence-corrected chi connectivity index (χ4v) is 12.7. The number of likely N-dealkylation sites (tertiary alicyclic amines) is 1. The SMILES string of the molecule is CO[C@@H](C)c1ncccc1-c1c2c3cc(ccc3n1C1CN(C3CC3)C1)-c1csc(n1)[C@@H](N1CCN(C(C)=O)CC1)[C@H](NC(=O)[C@H]1[C@H](C)[C@@H]1c1ccncn1)C(=O)N1CCC[C@H](N1)C(=O)OCC(C)(C)C2. The van der Waals surface area contributed by atoms with E-state index in [4.69, 9.17) is 19.4 Å². The number of hydrazine groups is 1. The summed E-state index contributed by atoms with van der Waals surface area (Å²) in [5.41, 5.74) is 10.5. The predicted octanol–water partition coefficient (Wildman–Crippen LogP) is 5.70. The fourth-order valence-electron chi connectivity index (χ4n) is 11.7. The molecular weight excluding hydrogens is 919 g/mol. The van der Waals surface area contributed by atoms with Crippen molar-refractivity contribution in [1.82, 2.24) is 55.0 Å². The lowest BCUT2D eigenvalue weighted by Gasteiger charge is -2.43. The van der Waals surface area contributed by atoms with E-state index in [2.05, 4.69) is 78.6 Å². The van der Waals surface area contributed by atoms with Gasteiger partial charge in [-0.3, -0.25) is 39.0 Å². The molecule has 0 unspecified atom stereocenters. The highest BCUT2D eigenvalue weighted by molar-refractivity contribution is 7.10. The standard InChI is InChI=1S/C53H65N11O6S/c1-30-43(39-15-17-54-29-56-39)44(30)49(66)58-46-48(61-21-19-60(20-22-61)32(3)65)50-57-41(27-71-50)33-11-14-42-37(23-33)38(24-53(4,5)28-70-52(68)40-10-8-18-63(59-40)51(46)67)47(36-9-7-16-55-45(36)31(2)69-6)64(42)35-25-62(26-35)34-12-13-34/h7,9,11,14-17,23,27,29-31,34-35,40,43-44,46,48,59H,8,10,12-13,18-22,24-26,28H2,1-6H3,(H,58,66)/t30-,31+,40+,43-,44+,46+,48+/m1/s1. The van der Waals surface area contributed by atoms with Gasteiger partial charge in [-0.15, -0.1) is 11.3 Å². The number of methoxy groups -OCH3 is 1. The van der Waals surface area contributed by atoms with E-state index in [1.165, 1.54) is 35.5 Å². The summed E-state index contributed by atoms with van der Waals surface area (Å²) >= 11 is 1.47. The van der Waals surface area contributed by atoms with Gasteiger partial charge in [0.25, 0.3) is 5.91 Å². The smallest absolute Gasteiger partial charge is 0.324 e. The summed E-state index contributed by atoms with van der Waals surface area (Å²) in [7, 11) is 1.72. The first-order chi connectivity index (χ1) is 34.3. The van der Waals surface area contributed by atoms with Crippen molar-refractivity contribution in [3.8, 4) is 22.5 Å². The number of hydrogen-bond donors (Lipinski definition) is 2. The van der Waals surface area contributed by atoms with Gasteiger partial charge in [0, 0.05) is 129 Å². The summed E-state index contributed by atoms with van der Waals surface area (Å²) in [6.07, 6.45) is 8.87. The molecule has 374 valence electrons. The van der Waals surface area contributed by atoms with Gasteiger partial charge in [-0.05, 0) is 80.8 Å². The molecule has 6 aliphatic rings. The number of benzene rings is 1. The Morgan fingerprint density at radius 3 is 2.52 bits per heavy atom. The van der Waals surface area contributed by atoms with Gasteiger partial charge in [-0.25, -0.2) is 20.4 Å². The molecule has 2 saturated carbocycles. The number of carbonyl (C=O) groups is 4. The van der Waals surface area contributed by atoms with Crippen LogP contribution in [0.4, 0.5) is 0 Å². The zero-order valence-electron chi connectivity index (χ0n) is 41.5. The molecule has 18 heteroatoms. The zero-order valence-corrected chi connectivity index (χ0v) is 42.4. The second-order valence-electron chi connectivity index (χ2n) is 21.4. The lowest BCUT2D eigenvalue weighted by molar-refractivity contribution is -0.156. The minimum atomic E-state index is -1.10. The van der Waals surface area contributed by atoms with Crippen molar-refractivity contribution in [2.45, 2.75) is 109 Å². The third-order valence-electron chi connectivity index (χ3n) is 16.0. The molecule has 17 nitrogen and oxygen atoms in total. The number of nitrogens with zero attached hydrogens (tertiary/aromatic N) is 9. The van der Waals surface area contributed by atoms with E-state index in [0.717, 1.165) is 63.5 Å². The van der Waals surface area contributed by atoms with E-state index in [9.17, 15) is 14.4 Å². The largest absolute Gasteiger partial charge is 0.464 e. The van der Waals surface area contributed by atoms with E-state index >= 15 is 4.79 Å². The van der Waals surface area contributed by atoms with Crippen molar-refractivity contribution in [2.75, 3.05) is 59.5 Å². The maximum Gasteiger partial charge on any atom is 0.324 e. The van der Waals surface area contributed by atoms with Crippen molar-refractivity contribution in [3.05, 3.63) is 82.5 Å². The Balaban J connectivity index is 1.06. The van der Waals surface area contributed by atoms with E-state index < -0.39 is 35.4 Å². The minimum absolute atomic E-state index is 0.00973. The van der Waals surface area contributed by atoms with Gasteiger partial charge < -0.3 is 24.3 Å². The summed E-state index contributed by atoms with van der Waals surface area (Å²) in [5.74, 6) is -1.61. The molecule has 8 heterocycles. The third-order valence-corrected chi connectivity index (χ3v) is 16.9. The van der Waals surface area contributed by atoms with E-state index in [1.54, 1.807) is 20.2 Å². The number of aromatic nitrogens is 5. The number of carbonyl (C=O) groups excluding carboxylic acids is 4. The zero-order chi connectivity index (χ0) is 49.3. The Morgan fingerprint density at radius 1 is 0.986 bits per heavy atom. The van der Waals surface area contributed by atoms with Gasteiger partial charge in [0.05, 0.1) is 41.9 Å². The molecule has 0 spiro atoms. The summed E-state index contributed by atoms with van der Waals surface area (Å²) in [6.45, 7) is 14.2. The Morgan fingerprint density at radius 2 is 1.79 bits per heavy atom. The highest BCUT2D eigenvalue weighted by atomic mass is 32.1. The molecule has 4 aliphatic heterocycles. The molecule has 5 fully saturated rings. The average molecular weight is 984 g/mol. The van der Waals surface area contributed by atoms with Crippen LogP contribution in [0.1, 0.15) is 106 Å². The van der Waals surface area contributed by atoms with Crippen molar-refractivity contribution in [2.24, 2.45) is 17.3 Å². The number of fused-ring (bicyclic) bond motifs is 6.